The fourth-order valence-electron chi connectivity index (χ4n) is 2.60. The van der Waals surface area contributed by atoms with Crippen molar-refractivity contribution in [3.8, 4) is 11.5 Å². The van der Waals surface area contributed by atoms with Crippen LogP contribution in [0.2, 0.25) is 0 Å². The van der Waals surface area contributed by atoms with Gasteiger partial charge in [0, 0.05) is 15.4 Å². The van der Waals surface area contributed by atoms with Gasteiger partial charge in [0.15, 0.2) is 6.10 Å². The molecule has 27 heavy (non-hydrogen) atoms. The molecule has 0 saturated heterocycles. The van der Waals surface area contributed by atoms with Gasteiger partial charge in [-0.15, -0.1) is 0 Å². The molecule has 3 rings (SSSR count). The molecule has 0 aliphatic heterocycles. The Kier molecular flexibility index (Phi) is 6.08. The van der Waals surface area contributed by atoms with Gasteiger partial charge in [-0.3, -0.25) is 4.79 Å². The van der Waals surface area contributed by atoms with Crippen LogP contribution < -0.4 is 14.9 Å². The molecular weight excluding hydrogens is 408 g/mol. The highest BCUT2D eigenvalue weighted by atomic mass is 79.9. The molecule has 1 atom stereocenters. The Morgan fingerprint density at radius 2 is 1.89 bits per heavy atom. The predicted octanol–water partition coefficient (Wildman–Crippen LogP) is 4.53. The lowest BCUT2D eigenvalue weighted by Gasteiger charge is -2.14. The van der Waals surface area contributed by atoms with E-state index in [0.29, 0.717) is 11.5 Å². The first-order valence-electron chi connectivity index (χ1n) is 8.39. The average Bonchev–Trinajstić information content (AvgIpc) is 2.68. The lowest BCUT2D eigenvalue weighted by molar-refractivity contribution is -0.127. The van der Waals surface area contributed by atoms with Crippen LogP contribution in [0, 0.1) is 0 Å². The number of hydrogen-bond acceptors (Lipinski definition) is 4. The molecule has 0 spiro atoms. The molecular formula is C21H19BrN2O3. The summed E-state index contributed by atoms with van der Waals surface area (Å²) in [5, 5.41) is 6.03. The minimum atomic E-state index is -0.697. The highest BCUT2D eigenvalue weighted by Gasteiger charge is 2.15. The van der Waals surface area contributed by atoms with Crippen LogP contribution in [0.25, 0.3) is 10.8 Å². The zero-order chi connectivity index (χ0) is 19.2. The summed E-state index contributed by atoms with van der Waals surface area (Å²) in [6.45, 7) is 1.69. The van der Waals surface area contributed by atoms with Crippen LogP contribution >= 0.6 is 15.9 Å². The van der Waals surface area contributed by atoms with Crippen LogP contribution in [-0.2, 0) is 4.79 Å². The second-order valence-corrected chi connectivity index (χ2v) is 6.77. The van der Waals surface area contributed by atoms with Crippen molar-refractivity contribution in [2.45, 2.75) is 13.0 Å². The first-order valence-corrected chi connectivity index (χ1v) is 9.18. The predicted molar refractivity (Wildman–Crippen MR) is 110 cm³/mol. The number of carbonyl (C=O) groups is 1. The van der Waals surface area contributed by atoms with Crippen molar-refractivity contribution >= 4 is 38.8 Å². The smallest absolute Gasteiger partial charge is 0.280 e. The van der Waals surface area contributed by atoms with E-state index in [1.165, 1.54) is 6.21 Å². The van der Waals surface area contributed by atoms with Gasteiger partial charge < -0.3 is 9.47 Å². The van der Waals surface area contributed by atoms with E-state index in [0.717, 1.165) is 20.8 Å². The minimum absolute atomic E-state index is 0.340. The summed E-state index contributed by atoms with van der Waals surface area (Å²) in [5.41, 5.74) is 3.25. The number of nitrogens with zero attached hydrogens (tertiary/aromatic N) is 1. The normalized spacial score (nSPS) is 12.1. The molecule has 0 saturated carbocycles. The standard InChI is InChI=1S/C21H19BrN2O3/c1-14(27-20-9-5-7-15-6-3-4-8-18(15)20)21(25)24-23-13-16-12-17(22)10-11-19(16)26-2/h3-14H,1-2H3,(H,24,25)/b23-13+. The lowest BCUT2D eigenvalue weighted by atomic mass is 10.1. The van der Waals surface area contributed by atoms with Gasteiger partial charge >= 0.3 is 0 Å². The van der Waals surface area contributed by atoms with Gasteiger partial charge in [-0.05, 0) is 36.6 Å². The Morgan fingerprint density at radius 3 is 2.70 bits per heavy atom. The monoisotopic (exact) mass is 426 g/mol. The zero-order valence-electron chi connectivity index (χ0n) is 15.0. The van der Waals surface area contributed by atoms with E-state index in [9.17, 15) is 4.79 Å². The topological polar surface area (TPSA) is 59.9 Å². The van der Waals surface area contributed by atoms with Crippen molar-refractivity contribution in [1.29, 1.82) is 0 Å². The molecule has 0 bridgehead atoms. The average molecular weight is 427 g/mol. The van der Waals surface area contributed by atoms with Gasteiger partial charge in [-0.1, -0.05) is 52.3 Å². The number of hydrazone groups is 1. The number of hydrogen-bond donors (Lipinski definition) is 1. The first kappa shape index (κ1) is 18.9. The molecule has 1 unspecified atom stereocenters. The van der Waals surface area contributed by atoms with Crippen LogP contribution in [0.15, 0.2) is 70.2 Å². The van der Waals surface area contributed by atoms with Gasteiger partial charge in [0.2, 0.25) is 0 Å². The second kappa shape index (κ2) is 8.68. The Bertz CT molecular complexity index is 983. The fourth-order valence-corrected chi connectivity index (χ4v) is 2.98. The highest BCUT2D eigenvalue weighted by Crippen LogP contribution is 2.26. The SMILES string of the molecule is COc1ccc(Br)cc1/C=N/NC(=O)C(C)Oc1cccc2ccccc12. The molecule has 1 N–H and O–H groups in total. The number of methoxy groups -OCH3 is 1. The van der Waals surface area contributed by atoms with Gasteiger partial charge in [0.05, 0.1) is 13.3 Å². The number of fused-ring (bicyclic) bond motifs is 1. The molecule has 3 aromatic rings. The molecule has 5 nitrogen and oxygen atoms in total. The van der Waals surface area contributed by atoms with Crippen molar-refractivity contribution in [2.24, 2.45) is 5.10 Å². The maximum atomic E-state index is 12.3. The Labute approximate surface area is 166 Å². The Balaban J connectivity index is 1.67. The van der Waals surface area contributed by atoms with Crippen LogP contribution in [0.5, 0.6) is 11.5 Å². The molecule has 0 fully saturated rings. The van der Waals surface area contributed by atoms with E-state index in [4.69, 9.17) is 9.47 Å². The van der Waals surface area contributed by atoms with Crippen molar-refractivity contribution in [3.63, 3.8) is 0 Å². The summed E-state index contributed by atoms with van der Waals surface area (Å²) in [7, 11) is 1.58. The number of halogens is 1. The van der Waals surface area contributed by atoms with E-state index in [-0.39, 0.29) is 5.91 Å². The van der Waals surface area contributed by atoms with Gasteiger partial charge in [0.25, 0.3) is 5.91 Å². The second-order valence-electron chi connectivity index (χ2n) is 5.86. The molecule has 0 aliphatic rings. The van der Waals surface area contributed by atoms with E-state index >= 15 is 0 Å². The first-order chi connectivity index (χ1) is 13.1. The fraction of sp³-hybridized carbons (Fsp3) is 0.143. The molecule has 0 heterocycles. The molecule has 0 radical (unpaired) electrons. The number of carbonyl (C=O) groups excluding carboxylic acids is 1. The third-order valence-electron chi connectivity index (χ3n) is 3.99. The molecule has 1 amide bonds. The molecule has 6 heteroatoms. The van der Waals surface area contributed by atoms with Crippen molar-refractivity contribution in [1.82, 2.24) is 5.43 Å². The number of ether oxygens (including phenoxy) is 2. The van der Waals surface area contributed by atoms with Crippen LogP contribution in [0.3, 0.4) is 0 Å². The maximum Gasteiger partial charge on any atom is 0.280 e. The summed E-state index contributed by atoms with van der Waals surface area (Å²) < 4.78 is 12.0. The summed E-state index contributed by atoms with van der Waals surface area (Å²) in [4.78, 5) is 12.3. The Hall–Kier alpha value is -2.86. The molecule has 138 valence electrons. The number of benzene rings is 3. The maximum absolute atomic E-state index is 12.3. The molecule has 0 aromatic heterocycles. The zero-order valence-corrected chi connectivity index (χ0v) is 16.6. The summed E-state index contributed by atoms with van der Waals surface area (Å²) in [5.74, 6) is 0.984. The van der Waals surface area contributed by atoms with Crippen molar-refractivity contribution < 1.29 is 14.3 Å². The van der Waals surface area contributed by atoms with E-state index in [1.807, 2.05) is 60.7 Å². The third-order valence-corrected chi connectivity index (χ3v) is 4.49. The largest absolute Gasteiger partial charge is 0.496 e. The quantitative estimate of drug-likeness (QED) is 0.465. The summed E-state index contributed by atoms with van der Waals surface area (Å²) in [6.07, 6.45) is 0.837. The van der Waals surface area contributed by atoms with Gasteiger partial charge in [-0.25, -0.2) is 5.43 Å². The van der Waals surface area contributed by atoms with Crippen LogP contribution in [0.1, 0.15) is 12.5 Å². The molecule has 0 aliphatic carbocycles. The lowest BCUT2D eigenvalue weighted by Crippen LogP contribution is -2.33. The Morgan fingerprint density at radius 1 is 1.11 bits per heavy atom. The van der Waals surface area contributed by atoms with Gasteiger partial charge in [0.1, 0.15) is 11.5 Å². The van der Waals surface area contributed by atoms with E-state index in [2.05, 4.69) is 26.5 Å². The summed E-state index contributed by atoms with van der Waals surface area (Å²) >= 11 is 3.40. The van der Waals surface area contributed by atoms with Crippen LogP contribution in [0.4, 0.5) is 0 Å². The van der Waals surface area contributed by atoms with Crippen molar-refractivity contribution in [3.05, 3.63) is 70.7 Å². The summed E-state index contributed by atoms with van der Waals surface area (Å²) in [6, 6.07) is 19.2. The number of amides is 1. The van der Waals surface area contributed by atoms with E-state index in [1.54, 1.807) is 14.0 Å². The minimum Gasteiger partial charge on any atom is -0.496 e. The van der Waals surface area contributed by atoms with Crippen molar-refractivity contribution in [2.75, 3.05) is 7.11 Å². The third kappa shape index (κ3) is 4.65. The van der Waals surface area contributed by atoms with E-state index < -0.39 is 6.10 Å². The number of nitrogens with one attached hydrogen (secondary N) is 1. The number of rotatable bonds is 6. The van der Waals surface area contributed by atoms with Crippen LogP contribution in [-0.4, -0.2) is 25.3 Å². The van der Waals surface area contributed by atoms with Gasteiger partial charge in [-0.2, -0.15) is 5.10 Å². The molecule has 3 aromatic carbocycles. The highest BCUT2D eigenvalue weighted by molar-refractivity contribution is 9.10.